The van der Waals surface area contributed by atoms with Crippen LogP contribution < -0.4 is 16.0 Å². The number of amides is 2. The smallest absolute Gasteiger partial charge is 0.250 e. The molecule has 4 rings (SSSR count). The maximum atomic E-state index is 12.7. The van der Waals surface area contributed by atoms with Crippen LogP contribution in [0.15, 0.2) is 35.8 Å². The monoisotopic (exact) mass is 371 g/mol. The summed E-state index contributed by atoms with van der Waals surface area (Å²) in [6.45, 7) is 3.24. The lowest BCUT2D eigenvalue weighted by Gasteiger charge is -2.45. The lowest BCUT2D eigenvalue weighted by atomic mass is 9.84. The number of nitrogens with zero attached hydrogens (tertiary/aromatic N) is 2. The first-order chi connectivity index (χ1) is 12.6. The molecule has 0 aliphatic carbocycles. The fraction of sp³-hybridized carbons (Fsp3) is 0.389. The van der Waals surface area contributed by atoms with Crippen molar-refractivity contribution in [2.24, 2.45) is 0 Å². The van der Waals surface area contributed by atoms with Gasteiger partial charge in [-0.15, -0.1) is 11.3 Å². The Balaban J connectivity index is 1.41. The second kappa shape index (κ2) is 6.69. The number of piperidine rings is 1. The summed E-state index contributed by atoms with van der Waals surface area (Å²) < 4.78 is 0. The van der Waals surface area contributed by atoms with Gasteiger partial charge in [0.1, 0.15) is 5.54 Å². The van der Waals surface area contributed by atoms with Crippen molar-refractivity contribution < 1.29 is 9.59 Å². The number of carbonyl (C=O) groups excluding carboxylic acids is 2. The molecular weight excluding hydrogens is 350 g/mol. The van der Waals surface area contributed by atoms with E-state index in [9.17, 15) is 9.59 Å². The van der Waals surface area contributed by atoms with Crippen molar-refractivity contribution in [1.29, 1.82) is 0 Å². The third-order valence-corrected chi connectivity index (χ3v) is 5.91. The molecule has 0 saturated carbocycles. The molecular formula is C18H21N5O2S. The molecule has 3 N–H and O–H groups in total. The van der Waals surface area contributed by atoms with Gasteiger partial charge in [0.2, 0.25) is 11.8 Å². The second-order valence-corrected chi connectivity index (χ2v) is 7.64. The van der Waals surface area contributed by atoms with E-state index in [1.807, 2.05) is 36.6 Å². The number of hydrogen-bond acceptors (Lipinski definition) is 6. The average molecular weight is 371 g/mol. The van der Waals surface area contributed by atoms with E-state index < -0.39 is 5.54 Å². The maximum absolute atomic E-state index is 12.7. The van der Waals surface area contributed by atoms with E-state index in [4.69, 9.17) is 0 Å². The van der Waals surface area contributed by atoms with Crippen LogP contribution in [-0.2, 0) is 9.59 Å². The minimum atomic E-state index is -0.601. The molecule has 1 aromatic heterocycles. The van der Waals surface area contributed by atoms with Crippen LogP contribution >= 0.6 is 11.3 Å². The number of likely N-dealkylation sites (tertiary alicyclic amines) is 1. The summed E-state index contributed by atoms with van der Waals surface area (Å²) in [4.78, 5) is 31.3. The molecule has 1 fully saturated rings. The Morgan fingerprint density at radius 2 is 2.04 bits per heavy atom. The van der Waals surface area contributed by atoms with Gasteiger partial charge in [-0.3, -0.25) is 14.5 Å². The van der Waals surface area contributed by atoms with Gasteiger partial charge in [0.25, 0.3) is 0 Å². The first-order valence-corrected chi connectivity index (χ1v) is 9.58. The lowest BCUT2D eigenvalue weighted by Crippen LogP contribution is -2.60. The number of carbonyl (C=O) groups is 2. The number of benzene rings is 1. The minimum Gasteiger partial charge on any atom is -0.369 e. The van der Waals surface area contributed by atoms with Crippen LogP contribution in [0.2, 0.25) is 0 Å². The Kier molecular flexibility index (Phi) is 4.37. The molecule has 0 radical (unpaired) electrons. The van der Waals surface area contributed by atoms with Gasteiger partial charge in [-0.25, -0.2) is 4.98 Å². The largest absolute Gasteiger partial charge is 0.369 e. The van der Waals surface area contributed by atoms with Crippen LogP contribution in [0.25, 0.3) is 0 Å². The van der Waals surface area contributed by atoms with Gasteiger partial charge in [-0.1, -0.05) is 12.1 Å². The van der Waals surface area contributed by atoms with Crippen molar-refractivity contribution in [2.45, 2.75) is 31.3 Å². The molecule has 1 spiro atoms. The summed E-state index contributed by atoms with van der Waals surface area (Å²) in [5.41, 5.74) is 1.17. The highest BCUT2D eigenvalue weighted by molar-refractivity contribution is 7.13. The van der Waals surface area contributed by atoms with Gasteiger partial charge in [0.05, 0.1) is 17.4 Å². The normalized spacial score (nSPS) is 20.0. The molecule has 0 bridgehead atoms. The standard InChI is InChI=1S/C18H21N5O2S/c1-12(15(24)21-17-19-8-11-26-17)23-9-6-18(7-10-23)16(25)20-13-4-2-3-5-14(13)22-18/h2-5,8,11-12,22H,6-7,9-10H2,1H3,(H,20,25)(H,19,21,24)/t12-/m0/s1. The van der Waals surface area contributed by atoms with Crippen LogP contribution in [0.3, 0.4) is 0 Å². The number of para-hydroxylation sites is 2. The van der Waals surface area contributed by atoms with E-state index in [0.29, 0.717) is 31.1 Å². The van der Waals surface area contributed by atoms with Crippen molar-refractivity contribution in [2.75, 3.05) is 29.0 Å². The first kappa shape index (κ1) is 17.0. The lowest BCUT2D eigenvalue weighted by molar-refractivity contribution is -0.124. The highest BCUT2D eigenvalue weighted by Crippen LogP contribution is 2.36. The number of aromatic nitrogens is 1. The topological polar surface area (TPSA) is 86.4 Å². The third-order valence-electron chi connectivity index (χ3n) is 5.23. The van der Waals surface area contributed by atoms with Crippen molar-refractivity contribution in [3.63, 3.8) is 0 Å². The first-order valence-electron chi connectivity index (χ1n) is 8.70. The molecule has 136 valence electrons. The molecule has 1 saturated heterocycles. The molecule has 2 aromatic rings. The minimum absolute atomic E-state index is 0.00994. The Morgan fingerprint density at radius 1 is 1.31 bits per heavy atom. The number of hydrogen-bond donors (Lipinski definition) is 3. The number of fused-ring (bicyclic) bond motifs is 1. The van der Waals surface area contributed by atoms with Gasteiger partial charge >= 0.3 is 0 Å². The van der Waals surface area contributed by atoms with Crippen LogP contribution in [0.5, 0.6) is 0 Å². The zero-order valence-corrected chi connectivity index (χ0v) is 15.3. The summed E-state index contributed by atoms with van der Waals surface area (Å²) in [7, 11) is 0. The molecule has 2 aliphatic rings. The molecule has 7 nitrogen and oxygen atoms in total. The van der Waals surface area contributed by atoms with Crippen molar-refractivity contribution >= 4 is 39.7 Å². The van der Waals surface area contributed by atoms with E-state index >= 15 is 0 Å². The van der Waals surface area contributed by atoms with Gasteiger partial charge in [-0.05, 0) is 31.9 Å². The molecule has 26 heavy (non-hydrogen) atoms. The van der Waals surface area contributed by atoms with E-state index in [-0.39, 0.29) is 17.9 Å². The van der Waals surface area contributed by atoms with Crippen LogP contribution in [0.4, 0.5) is 16.5 Å². The number of rotatable bonds is 3. The second-order valence-electron chi connectivity index (χ2n) is 6.75. The van der Waals surface area contributed by atoms with Crippen molar-refractivity contribution in [1.82, 2.24) is 9.88 Å². The Bertz CT molecular complexity index is 815. The molecule has 1 atom stereocenters. The Labute approximate surface area is 155 Å². The van der Waals surface area contributed by atoms with Crippen molar-refractivity contribution in [3.8, 4) is 0 Å². The molecule has 8 heteroatoms. The van der Waals surface area contributed by atoms with Crippen LogP contribution in [-0.4, -0.2) is 46.4 Å². The zero-order valence-electron chi connectivity index (χ0n) is 14.5. The Morgan fingerprint density at radius 3 is 2.73 bits per heavy atom. The van der Waals surface area contributed by atoms with Gasteiger partial charge in [0, 0.05) is 24.7 Å². The zero-order chi connectivity index (χ0) is 18.1. The summed E-state index contributed by atoms with van der Waals surface area (Å²) in [6, 6.07) is 7.47. The highest BCUT2D eigenvalue weighted by atomic mass is 32.1. The third kappa shape index (κ3) is 3.06. The summed E-state index contributed by atoms with van der Waals surface area (Å²) in [5.74, 6) is -0.0574. The highest BCUT2D eigenvalue weighted by Gasteiger charge is 2.45. The Hall–Kier alpha value is -2.45. The summed E-state index contributed by atoms with van der Waals surface area (Å²) in [5, 5.41) is 11.7. The molecule has 1 aromatic carbocycles. The van der Waals surface area contributed by atoms with Crippen LogP contribution in [0.1, 0.15) is 19.8 Å². The molecule has 0 unspecified atom stereocenters. The SMILES string of the molecule is C[C@@H](C(=O)Nc1nccs1)N1CCC2(CC1)Nc1ccccc1NC2=O. The van der Waals surface area contributed by atoms with Crippen molar-refractivity contribution in [3.05, 3.63) is 35.8 Å². The van der Waals surface area contributed by atoms with E-state index in [0.717, 1.165) is 11.4 Å². The average Bonchev–Trinajstić information content (AvgIpc) is 3.16. The van der Waals surface area contributed by atoms with E-state index in [1.165, 1.54) is 11.3 Å². The molecule has 2 amide bonds. The predicted octanol–water partition coefficient (Wildman–Crippen LogP) is 2.37. The number of nitrogens with one attached hydrogen (secondary N) is 3. The van der Waals surface area contributed by atoms with Gasteiger partial charge < -0.3 is 16.0 Å². The summed E-state index contributed by atoms with van der Waals surface area (Å²) in [6.07, 6.45) is 2.98. The van der Waals surface area contributed by atoms with Gasteiger partial charge in [0.15, 0.2) is 5.13 Å². The number of thiazole rings is 1. The quantitative estimate of drug-likeness (QED) is 0.771. The molecule has 2 aliphatic heterocycles. The van der Waals surface area contributed by atoms with E-state index in [2.05, 4.69) is 25.8 Å². The predicted molar refractivity (Wildman–Crippen MR) is 102 cm³/mol. The number of anilines is 3. The fourth-order valence-electron chi connectivity index (χ4n) is 3.56. The maximum Gasteiger partial charge on any atom is 0.250 e. The molecule has 3 heterocycles. The van der Waals surface area contributed by atoms with Crippen LogP contribution in [0, 0.1) is 0 Å². The fourth-order valence-corrected chi connectivity index (χ4v) is 4.10. The van der Waals surface area contributed by atoms with E-state index in [1.54, 1.807) is 6.20 Å². The summed E-state index contributed by atoms with van der Waals surface area (Å²) >= 11 is 1.40. The van der Waals surface area contributed by atoms with Gasteiger partial charge in [-0.2, -0.15) is 0 Å².